The van der Waals surface area contributed by atoms with Crippen LogP contribution in [-0.4, -0.2) is 0 Å². The van der Waals surface area contributed by atoms with Crippen LogP contribution in [0.1, 0.15) is 24.9 Å². The molecule has 0 unspecified atom stereocenters. The third-order valence-electron chi connectivity index (χ3n) is 5.11. The lowest BCUT2D eigenvalue weighted by atomic mass is 9.93. The van der Waals surface area contributed by atoms with Crippen LogP contribution in [0.15, 0.2) is 85.1 Å². The van der Waals surface area contributed by atoms with Gasteiger partial charge in [-0.3, -0.25) is 0 Å². The predicted molar refractivity (Wildman–Crippen MR) is 118 cm³/mol. The molecule has 1 heteroatoms. The largest absolute Gasteiger partial charge is 0.213 e. The lowest BCUT2D eigenvalue weighted by Gasteiger charge is -2.13. The van der Waals surface area contributed by atoms with Crippen molar-refractivity contribution in [2.75, 3.05) is 0 Å². The van der Waals surface area contributed by atoms with Crippen LogP contribution in [0.3, 0.4) is 0 Å². The second-order valence-corrected chi connectivity index (χ2v) is 7.04. The first-order valence-corrected chi connectivity index (χ1v) is 9.27. The fourth-order valence-electron chi connectivity index (χ4n) is 3.57. The van der Waals surface area contributed by atoms with Gasteiger partial charge in [0.25, 0.3) is 0 Å². The molecule has 0 bridgehead atoms. The highest BCUT2D eigenvalue weighted by molar-refractivity contribution is 5.77. The van der Waals surface area contributed by atoms with Crippen molar-refractivity contribution >= 4 is 0 Å². The molecule has 0 atom stereocenters. The first-order chi connectivity index (χ1) is 16.0. The van der Waals surface area contributed by atoms with Gasteiger partial charge in [0.1, 0.15) is 7.05 Å². The Morgan fingerprint density at radius 3 is 2.18 bits per heavy atom. The fraction of sp³-hybridized carbons (Fsp3) is 0.148. The van der Waals surface area contributed by atoms with Crippen LogP contribution in [-0.2, 0) is 7.05 Å². The van der Waals surface area contributed by atoms with E-state index in [0.29, 0.717) is 11.1 Å². The maximum Gasteiger partial charge on any atom is 0.213 e. The predicted octanol–water partition coefficient (Wildman–Crippen LogP) is 6.44. The molecule has 0 saturated heterocycles. The molecule has 0 aliphatic rings. The van der Waals surface area contributed by atoms with Crippen LogP contribution in [0.5, 0.6) is 0 Å². The van der Waals surface area contributed by atoms with Crippen molar-refractivity contribution in [1.82, 2.24) is 0 Å². The van der Waals surface area contributed by atoms with Crippen molar-refractivity contribution in [3.63, 3.8) is 0 Å². The normalized spacial score (nSPS) is 14.9. The first-order valence-electron chi connectivity index (χ1n) is 12.3. The molecule has 1 aromatic heterocycles. The Kier molecular flexibility index (Phi) is 3.27. The van der Waals surface area contributed by atoms with Crippen LogP contribution in [0, 0.1) is 20.6 Å². The molecule has 1 heterocycles. The van der Waals surface area contributed by atoms with Crippen molar-refractivity contribution in [2.45, 2.75) is 20.6 Å². The van der Waals surface area contributed by atoms with Crippen LogP contribution in [0.4, 0.5) is 0 Å². The smallest absolute Gasteiger partial charge is 0.201 e. The van der Waals surface area contributed by atoms with Gasteiger partial charge in [0.05, 0.1) is 0 Å². The number of aromatic nitrogens is 1. The molecule has 0 N–H and O–H groups in total. The summed E-state index contributed by atoms with van der Waals surface area (Å²) in [5.41, 5.74) is 5.99. The molecule has 138 valence electrons. The molecule has 0 aliphatic carbocycles. The molecule has 3 aromatic carbocycles. The third-order valence-corrected chi connectivity index (χ3v) is 5.11. The van der Waals surface area contributed by atoms with E-state index in [1.54, 1.807) is 35.0 Å². The summed E-state index contributed by atoms with van der Waals surface area (Å²) < 4.78 is 50.2. The SMILES string of the molecule is [2H]C([2H])([2H])c1ccccc1-c1cc(-c2cc(-c3ccccc3)ccc2C)[n+](C)cc1C([2H])([2H])[2H]. The minimum absolute atomic E-state index is 0.118. The van der Waals surface area contributed by atoms with Gasteiger partial charge in [-0.15, -0.1) is 0 Å². The highest BCUT2D eigenvalue weighted by Gasteiger charge is 2.18. The van der Waals surface area contributed by atoms with E-state index in [-0.39, 0.29) is 11.1 Å². The average molecular weight is 371 g/mol. The second kappa shape index (κ2) is 7.44. The molecule has 0 spiro atoms. The van der Waals surface area contributed by atoms with Crippen LogP contribution in [0.2, 0.25) is 0 Å². The summed E-state index contributed by atoms with van der Waals surface area (Å²) in [5, 5.41) is 0. The molecule has 28 heavy (non-hydrogen) atoms. The summed E-state index contributed by atoms with van der Waals surface area (Å²) in [6.07, 6.45) is 1.60. The summed E-state index contributed by atoms with van der Waals surface area (Å²) in [7, 11) is 1.82. The Hall–Kier alpha value is -3.19. The summed E-state index contributed by atoms with van der Waals surface area (Å²) in [6.45, 7) is -2.77. The zero-order valence-electron chi connectivity index (χ0n) is 22.0. The lowest BCUT2D eigenvalue weighted by molar-refractivity contribution is -0.660. The van der Waals surface area contributed by atoms with Crippen LogP contribution in [0.25, 0.3) is 33.5 Å². The van der Waals surface area contributed by atoms with Crippen molar-refractivity contribution in [2.24, 2.45) is 7.05 Å². The van der Waals surface area contributed by atoms with Gasteiger partial charge in [-0.2, -0.15) is 0 Å². The Morgan fingerprint density at radius 1 is 0.643 bits per heavy atom. The summed E-state index contributed by atoms with van der Waals surface area (Å²) in [5.74, 6) is 0. The van der Waals surface area contributed by atoms with Gasteiger partial charge >= 0.3 is 0 Å². The molecular weight excluding hydrogens is 338 g/mol. The molecule has 0 radical (unpaired) electrons. The average Bonchev–Trinajstić information content (AvgIpc) is 2.79. The number of nitrogens with zero attached hydrogens (tertiary/aromatic N) is 1. The Bertz CT molecular complexity index is 1340. The highest BCUT2D eigenvalue weighted by Crippen LogP contribution is 2.32. The maximum absolute atomic E-state index is 8.13. The number of pyridine rings is 1. The number of benzene rings is 3. The Morgan fingerprint density at radius 2 is 1.39 bits per heavy atom. The molecule has 0 amide bonds. The minimum atomic E-state index is -2.41. The molecule has 0 saturated carbocycles. The van der Waals surface area contributed by atoms with Crippen LogP contribution >= 0.6 is 0 Å². The summed E-state index contributed by atoms with van der Waals surface area (Å²) in [4.78, 5) is 0. The van der Waals surface area contributed by atoms with E-state index in [1.807, 2.05) is 56.4 Å². The lowest BCUT2D eigenvalue weighted by Crippen LogP contribution is -2.31. The zero-order chi connectivity index (χ0) is 24.7. The summed E-state index contributed by atoms with van der Waals surface area (Å²) in [6, 6.07) is 24.7. The van der Waals surface area contributed by atoms with E-state index in [0.717, 1.165) is 27.9 Å². The van der Waals surface area contributed by atoms with Gasteiger partial charge < -0.3 is 0 Å². The third kappa shape index (κ3) is 3.36. The maximum atomic E-state index is 8.13. The van der Waals surface area contributed by atoms with E-state index in [2.05, 4.69) is 12.1 Å². The van der Waals surface area contributed by atoms with Crippen LogP contribution < -0.4 is 4.57 Å². The molecule has 4 aromatic rings. The number of rotatable bonds is 3. The first kappa shape index (κ1) is 12.3. The van der Waals surface area contributed by atoms with Gasteiger partial charge in [-0.05, 0) is 60.1 Å². The number of aryl methyl sites for hydroxylation is 4. The zero-order valence-corrected chi connectivity index (χ0v) is 16.0. The van der Waals surface area contributed by atoms with E-state index in [4.69, 9.17) is 8.22 Å². The van der Waals surface area contributed by atoms with Crippen molar-refractivity contribution in [3.8, 4) is 33.5 Å². The quantitative estimate of drug-likeness (QED) is 0.365. The molecular formula is C27H26N+. The van der Waals surface area contributed by atoms with Gasteiger partial charge in [-0.25, -0.2) is 4.57 Å². The van der Waals surface area contributed by atoms with E-state index >= 15 is 0 Å². The topological polar surface area (TPSA) is 3.88 Å². The fourth-order valence-corrected chi connectivity index (χ4v) is 3.57. The van der Waals surface area contributed by atoms with Gasteiger partial charge in [0, 0.05) is 25.4 Å². The van der Waals surface area contributed by atoms with Crippen molar-refractivity contribution in [1.29, 1.82) is 0 Å². The Balaban J connectivity index is 2.00. The van der Waals surface area contributed by atoms with Crippen molar-refractivity contribution < 1.29 is 12.8 Å². The monoisotopic (exact) mass is 370 g/mol. The molecule has 0 fully saturated rings. The standard InChI is InChI=1S/C27H26N/c1-19-10-8-9-13-24(19)25-17-27(28(4)18-21(25)3)26-16-23(15-14-20(26)2)22-11-6-5-7-12-22/h5-18H,1-4H3/q+1/i1D3,3D3. The van der Waals surface area contributed by atoms with Crippen molar-refractivity contribution in [3.05, 3.63) is 102 Å². The summed E-state index contributed by atoms with van der Waals surface area (Å²) >= 11 is 0. The van der Waals surface area contributed by atoms with E-state index in [1.165, 1.54) is 0 Å². The van der Waals surface area contributed by atoms with E-state index in [9.17, 15) is 0 Å². The minimum Gasteiger partial charge on any atom is -0.201 e. The highest BCUT2D eigenvalue weighted by atomic mass is 14.9. The Labute approximate surface area is 176 Å². The van der Waals surface area contributed by atoms with E-state index < -0.39 is 13.7 Å². The van der Waals surface area contributed by atoms with Gasteiger partial charge in [0.2, 0.25) is 5.69 Å². The van der Waals surface area contributed by atoms with Gasteiger partial charge in [-0.1, -0.05) is 66.7 Å². The second-order valence-electron chi connectivity index (χ2n) is 7.04. The molecule has 4 rings (SSSR count). The number of hydrogen-bond acceptors (Lipinski definition) is 0. The number of hydrogen-bond donors (Lipinski definition) is 0. The van der Waals surface area contributed by atoms with Gasteiger partial charge in [0.15, 0.2) is 6.20 Å². The molecule has 0 aliphatic heterocycles. The molecule has 1 nitrogen and oxygen atoms in total.